The Hall–Kier alpha value is -3.62. The van der Waals surface area contributed by atoms with Gasteiger partial charge in [-0.1, -0.05) is 43.7 Å². The van der Waals surface area contributed by atoms with E-state index in [4.69, 9.17) is 0 Å². The fourth-order valence-corrected chi connectivity index (χ4v) is 4.34. The van der Waals surface area contributed by atoms with E-state index >= 15 is 4.39 Å². The van der Waals surface area contributed by atoms with Crippen LogP contribution in [0.4, 0.5) is 26.3 Å². The highest BCUT2D eigenvalue weighted by molar-refractivity contribution is 5.84. The Morgan fingerprint density at radius 1 is 0.744 bits per heavy atom. The summed E-state index contributed by atoms with van der Waals surface area (Å²) in [5.74, 6) is -3.22. The van der Waals surface area contributed by atoms with Gasteiger partial charge in [0.05, 0.1) is 0 Å². The summed E-state index contributed by atoms with van der Waals surface area (Å²) < 4.78 is 84.7. The molecule has 0 bridgehead atoms. The topological polar surface area (TPSA) is 35.0 Å². The van der Waals surface area contributed by atoms with Crippen LogP contribution in [0.25, 0.3) is 10.8 Å². The van der Waals surface area contributed by atoms with Gasteiger partial charge in [-0.3, -0.25) is 0 Å². The van der Waals surface area contributed by atoms with E-state index in [1.165, 1.54) is 0 Å². The number of benzene rings is 3. The lowest BCUT2D eigenvalue weighted by molar-refractivity contribution is -0.154. The predicted octanol–water partition coefficient (Wildman–Crippen LogP) is 7.90. The monoisotopic (exact) mass is 546 g/mol. The predicted molar refractivity (Wildman–Crippen MR) is 137 cm³/mol. The first-order chi connectivity index (χ1) is 18.6. The fourth-order valence-electron chi connectivity index (χ4n) is 4.34. The number of rotatable bonds is 11. The van der Waals surface area contributed by atoms with Gasteiger partial charge in [-0.25, -0.2) is 23.1 Å². The molecule has 39 heavy (non-hydrogen) atoms. The van der Waals surface area contributed by atoms with Crippen LogP contribution in [-0.2, 0) is 32.1 Å². The van der Waals surface area contributed by atoms with Gasteiger partial charge in [-0.15, -0.1) is 0 Å². The number of nitrogens with zero attached hydrogens (tertiary/aromatic N) is 2. The van der Waals surface area contributed by atoms with Gasteiger partial charge in [-0.2, -0.15) is 13.2 Å². The van der Waals surface area contributed by atoms with Crippen LogP contribution in [0, 0.1) is 17.5 Å². The van der Waals surface area contributed by atoms with Gasteiger partial charge in [0.2, 0.25) is 0 Å². The molecule has 3 nitrogen and oxygen atoms in total. The minimum Gasteiger partial charge on any atom is -0.478 e. The number of halogens is 6. The van der Waals surface area contributed by atoms with Gasteiger partial charge >= 0.3 is 6.18 Å². The van der Waals surface area contributed by atoms with Crippen molar-refractivity contribution in [3.05, 3.63) is 100 Å². The third-order valence-electron chi connectivity index (χ3n) is 6.43. The smallest absolute Gasteiger partial charge is 0.422 e. The molecule has 0 aliphatic carbocycles. The van der Waals surface area contributed by atoms with Crippen molar-refractivity contribution in [3.8, 4) is 5.75 Å². The molecule has 3 aromatic carbocycles. The van der Waals surface area contributed by atoms with Crippen LogP contribution in [0.15, 0.2) is 54.9 Å². The molecular weight excluding hydrogens is 518 g/mol. The van der Waals surface area contributed by atoms with E-state index in [-0.39, 0.29) is 18.4 Å². The van der Waals surface area contributed by atoms with Crippen LogP contribution in [-0.4, -0.2) is 22.8 Å². The van der Waals surface area contributed by atoms with Crippen LogP contribution in [0.2, 0.25) is 0 Å². The Bertz CT molecular complexity index is 1400. The molecule has 4 rings (SSSR count). The quantitative estimate of drug-likeness (QED) is 0.179. The van der Waals surface area contributed by atoms with Crippen molar-refractivity contribution in [2.75, 3.05) is 6.61 Å². The molecule has 1 aromatic heterocycles. The number of alkyl halides is 3. The van der Waals surface area contributed by atoms with E-state index in [1.807, 2.05) is 24.5 Å². The molecule has 0 amide bonds. The first-order valence-corrected chi connectivity index (χ1v) is 12.8. The summed E-state index contributed by atoms with van der Waals surface area (Å²) in [6.07, 6.45) is 3.80. The van der Waals surface area contributed by atoms with Crippen molar-refractivity contribution in [2.24, 2.45) is 0 Å². The third kappa shape index (κ3) is 7.71. The molecule has 0 saturated carbocycles. The second-order valence-electron chi connectivity index (χ2n) is 9.50. The number of aromatic nitrogens is 2. The summed E-state index contributed by atoms with van der Waals surface area (Å²) in [5, 5.41) is 1.16. The molecule has 0 aliphatic heterocycles. The maximum Gasteiger partial charge on any atom is 0.422 e. The molecule has 206 valence electrons. The number of aryl methyl sites for hydroxylation is 5. The molecule has 0 atom stereocenters. The molecule has 0 fully saturated rings. The molecule has 9 heteroatoms. The first-order valence-electron chi connectivity index (χ1n) is 12.8. The number of hydrogen-bond acceptors (Lipinski definition) is 3. The largest absolute Gasteiger partial charge is 0.478 e. The molecule has 0 N–H and O–H groups in total. The summed E-state index contributed by atoms with van der Waals surface area (Å²) in [6, 6.07) is 10.7. The molecule has 0 radical (unpaired) electrons. The molecule has 0 aliphatic rings. The average Bonchev–Trinajstić information content (AvgIpc) is 2.90. The number of unbranched alkanes of at least 4 members (excludes halogenated alkanes) is 1. The number of ether oxygens (including phenoxy) is 1. The zero-order valence-corrected chi connectivity index (χ0v) is 21.4. The highest BCUT2D eigenvalue weighted by atomic mass is 19.4. The highest BCUT2D eigenvalue weighted by Crippen LogP contribution is 2.28. The zero-order chi connectivity index (χ0) is 28.0. The molecule has 4 aromatic rings. The van der Waals surface area contributed by atoms with Gasteiger partial charge in [0.15, 0.2) is 24.0 Å². The lowest BCUT2D eigenvalue weighted by atomic mass is 9.98. The third-order valence-corrected chi connectivity index (χ3v) is 6.43. The SMILES string of the molecule is CCCCc1cnc(CCc2ccc3c(F)c(CCc4cc(F)c(OCC(F)(F)F)c(F)c4)ccc3c2)nc1. The van der Waals surface area contributed by atoms with Crippen molar-refractivity contribution in [2.45, 2.75) is 58.0 Å². The fraction of sp³-hybridized carbons (Fsp3) is 0.333. The molecule has 0 saturated heterocycles. The van der Waals surface area contributed by atoms with E-state index in [1.54, 1.807) is 18.2 Å². The first kappa shape index (κ1) is 28.4. The van der Waals surface area contributed by atoms with Crippen LogP contribution in [0.1, 0.15) is 47.8 Å². The van der Waals surface area contributed by atoms with Gasteiger partial charge in [-0.05, 0) is 71.9 Å². The lowest BCUT2D eigenvalue weighted by Crippen LogP contribution is -2.20. The van der Waals surface area contributed by atoms with Gasteiger partial charge < -0.3 is 4.74 Å². The Kier molecular flexibility index (Phi) is 9.09. The van der Waals surface area contributed by atoms with E-state index < -0.39 is 36.0 Å². The Labute approximate surface area is 222 Å². The molecule has 0 spiro atoms. The summed E-state index contributed by atoms with van der Waals surface area (Å²) in [5.41, 5.74) is 2.69. The van der Waals surface area contributed by atoms with Crippen LogP contribution in [0.5, 0.6) is 5.75 Å². The van der Waals surface area contributed by atoms with Gasteiger partial charge in [0.25, 0.3) is 0 Å². The number of hydrogen-bond donors (Lipinski definition) is 0. The standard InChI is InChI=1S/C30H28F6N2O/c1-2-3-4-21-16-37-27(38-17-21)12-7-19-6-11-24-23(13-19)10-9-22(28(24)33)8-5-20-14-25(31)29(26(32)15-20)39-18-30(34,35)36/h6,9-11,13-17H,2-5,7-8,12,18H2,1H3. The van der Waals surface area contributed by atoms with Crippen LogP contribution >= 0.6 is 0 Å². The van der Waals surface area contributed by atoms with E-state index in [0.29, 0.717) is 23.8 Å². The Balaban J connectivity index is 1.39. The summed E-state index contributed by atoms with van der Waals surface area (Å²) in [4.78, 5) is 8.89. The highest BCUT2D eigenvalue weighted by Gasteiger charge is 2.30. The van der Waals surface area contributed by atoms with Crippen molar-refractivity contribution >= 4 is 10.8 Å². The van der Waals surface area contributed by atoms with E-state index in [0.717, 1.165) is 53.7 Å². The lowest BCUT2D eigenvalue weighted by Gasteiger charge is -2.12. The molecule has 0 unspecified atom stereocenters. The Morgan fingerprint density at radius 3 is 2.10 bits per heavy atom. The summed E-state index contributed by atoms with van der Waals surface area (Å²) in [7, 11) is 0. The minimum atomic E-state index is -4.72. The summed E-state index contributed by atoms with van der Waals surface area (Å²) >= 11 is 0. The normalized spacial score (nSPS) is 11.8. The zero-order valence-electron chi connectivity index (χ0n) is 21.4. The second kappa shape index (κ2) is 12.5. The van der Waals surface area contributed by atoms with Crippen molar-refractivity contribution in [1.82, 2.24) is 9.97 Å². The molecule has 1 heterocycles. The van der Waals surface area contributed by atoms with Gasteiger partial charge in [0, 0.05) is 24.2 Å². The Morgan fingerprint density at radius 2 is 1.44 bits per heavy atom. The van der Waals surface area contributed by atoms with E-state index in [9.17, 15) is 22.0 Å². The van der Waals surface area contributed by atoms with Crippen LogP contribution in [0.3, 0.4) is 0 Å². The minimum absolute atomic E-state index is 0.0884. The average molecular weight is 547 g/mol. The second-order valence-corrected chi connectivity index (χ2v) is 9.50. The summed E-state index contributed by atoms with van der Waals surface area (Å²) in [6.45, 7) is 0.339. The van der Waals surface area contributed by atoms with Crippen molar-refractivity contribution < 1.29 is 31.1 Å². The van der Waals surface area contributed by atoms with E-state index in [2.05, 4.69) is 21.6 Å². The maximum absolute atomic E-state index is 15.2. The van der Waals surface area contributed by atoms with Crippen molar-refractivity contribution in [1.29, 1.82) is 0 Å². The maximum atomic E-state index is 15.2. The molecular formula is C30H28F6N2O. The van der Waals surface area contributed by atoms with Crippen LogP contribution < -0.4 is 4.74 Å². The number of fused-ring (bicyclic) bond motifs is 1. The van der Waals surface area contributed by atoms with Gasteiger partial charge in [0.1, 0.15) is 11.6 Å². The van der Waals surface area contributed by atoms with Crippen molar-refractivity contribution in [3.63, 3.8) is 0 Å².